The first-order chi connectivity index (χ1) is 12.0. The minimum absolute atomic E-state index is 0.0348. The molecule has 1 fully saturated rings. The molecule has 0 aromatic heterocycles. The normalized spacial score (nSPS) is 17.3. The molecule has 10 heteroatoms. The van der Waals surface area contributed by atoms with Gasteiger partial charge in [-0.25, -0.2) is 0 Å². The number of piperazine rings is 1. The Labute approximate surface area is 146 Å². The first-order valence-corrected chi connectivity index (χ1v) is 8.03. The third-order valence-corrected chi connectivity index (χ3v) is 4.24. The van der Waals surface area contributed by atoms with Gasteiger partial charge >= 0.3 is 18.3 Å². The average molecular weight is 383 g/mol. The van der Waals surface area contributed by atoms with Crippen molar-refractivity contribution in [3.8, 4) is 0 Å². The number of hydrogen-bond donors (Lipinski definition) is 1. The monoisotopic (exact) mass is 383 g/mol. The number of hydrogen-bond acceptors (Lipinski definition) is 3. The summed E-state index contributed by atoms with van der Waals surface area (Å²) in [5.74, 6) is -2.31. The smallest absolute Gasteiger partial charge is 0.318 e. The second kappa shape index (κ2) is 7.83. The van der Waals surface area contributed by atoms with Gasteiger partial charge in [-0.2, -0.15) is 26.3 Å². The molecule has 2 rings (SSSR count). The number of rotatable bonds is 4. The van der Waals surface area contributed by atoms with Crippen LogP contribution in [-0.2, 0) is 17.5 Å². The van der Waals surface area contributed by atoms with Crippen molar-refractivity contribution in [1.29, 1.82) is 0 Å². The van der Waals surface area contributed by atoms with E-state index in [-0.39, 0.29) is 12.1 Å². The Bertz CT molecular complexity index is 636. The zero-order chi connectivity index (χ0) is 19.5. The fourth-order valence-corrected chi connectivity index (χ4v) is 2.76. The van der Waals surface area contributed by atoms with Crippen molar-refractivity contribution in [2.24, 2.45) is 0 Å². The molecule has 1 aromatic carbocycles. The van der Waals surface area contributed by atoms with Crippen LogP contribution in [0.15, 0.2) is 18.2 Å². The minimum Gasteiger partial charge on any atom is -0.318 e. The second-order valence-electron chi connectivity index (χ2n) is 6.03. The Balaban J connectivity index is 2.17. The SMILES string of the molecule is CCN1CCN(Cc2ccc(NC(=O)C(F)(F)F)cc2C(F)(F)F)CC1. The predicted octanol–water partition coefficient (Wildman–Crippen LogP) is 3.34. The van der Waals surface area contributed by atoms with Gasteiger partial charge < -0.3 is 10.2 Å². The summed E-state index contributed by atoms with van der Waals surface area (Å²) < 4.78 is 76.7. The maximum Gasteiger partial charge on any atom is 0.471 e. The highest BCUT2D eigenvalue weighted by Crippen LogP contribution is 2.35. The van der Waals surface area contributed by atoms with E-state index < -0.39 is 29.5 Å². The van der Waals surface area contributed by atoms with Gasteiger partial charge in [0.25, 0.3) is 0 Å². The van der Waals surface area contributed by atoms with E-state index in [1.54, 1.807) is 0 Å². The van der Waals surface area contributed by atoms with Crippen molar-refractivity contribution < 1.29 is 31.1 Å². The van der Waals surface area contributed by atoms with Gasteiger partial charge in [0, 0.05) is 38.4 Å². The minimum atomic E-state index is -5.17. The van der Waals surface area contributed by atoms with Crippen molar-refractivity contribution in [2.75, 3.05) is 38.0 Å². The molecule has 0 bridgehead atoms. The number of nitrogens with one attached hydrogen (secondary N) is 1. The van der Waals surface area contributed by atoms with Crippen LogP contribution in [0.4, 0.5) is 32.0 Å². The molecule has 1 heterocycles. The lowest BCUT2D eigenvalue weighted by Crippen LogP contribution is -2.45. The van der Waals surface area contributed by atoms with Gasteiger partial charge in [-0.05, 0) is 24.2 Å². The molecule has 26 heavy (non-hydrogen) atoms. The second-order valence-corrected chi connectivity index (χ2v) is 6.03. The molecule has 1 aliphatic heterocycles. The number of halogens is 6. The summed E-state index contributed by atoms with van der Waals surface area (Å²) in [6.07, 6.45) is -9.91. The topological polar surface area (TPSA) is 35.6 Å². The summed E-state index contributed by atoms with van der Waals surface area (Å²) in [6, 6.07) is 2.71. The third-order valence-electron chi connectivity index (χ3n) is 4.24. The summed E-state index contributed by atoms with van der Waals surface area (Å²) in [7, 11) is 0. The van der Waals surface area contributed by atoms with Crippen LogP contribution in [-0.4, -0.2) is 54.6 Å². The molecule has 1 aliphatic rings. The average Bonchev–Trinajstić information content (AvgIpc) is 2.55. The van der Waals surface area contributed by atoms with Gasteiger partial charge in [-0.15, -0.1) is 0 Å². The lowest BCUT2D eigenvalue weighted by molar-refractivity contribution is -0.167. The molecule has 4 nitrogen and oxygen atoms in total. The van der Waals surface area contributed by atoms with Crippen LogP contribution in [0.5, 0.6) is 0 Å². The van der Waals surface area contributed by atoms with Crippen LogP contribution < -0.4 is 5.32 Å². The van der Waals surface area contributed by atoms with E-state index in [1.807, 2.05) is 11.8 Å². The standard InChI is InChI=1S/C16H19F6N3O/c1-2-24-5-7-25(8-6-24)10-11-3-4-12(9-13(11)15(17,18)19)23-14(26)16(20,21)22/h3-4,9H,2,5-8,10H2,1H3,(H,23,26). The third kappa shape index (κ3) is 5.34. The van der Waals surface area contributed by atoms with Crippen molar-refractivity contribution >= 4 is 11.6 Å². The Morgan fingerprint density at radius 1 is 1.04 bits per heavy atom. The van der Waals surface area contributed by atoms with E-state index in [0.29, 0.717) is 19.2 Å². The van der Waals surface area contributed by atoms with E-state index in [1.165, 1.54) is 5.32 Å². The van der Waals surface area contributed by atoms with Crippen molar-refractivity contribution in [3.63, 3.8) is 0 Å². The number of amides is 1. The molecule has 0 unspecified atom stereocenters. The first kappa shape index (κ1) is 20.5. The molecule has 0 aliphatic carbocycles. The van der Waals surface area contributed by atoms with Gasteiger partial charge in [0.2, 0.25) is 0 Å². The van der Waals surface area contributed by atoms with Crippen LogP contribution in [0.25, 0.3) is 0 Å². The molecule has 1 aromatic rings. The van der Waals surface area contributed by atoms with E-state index in [4.69, 9.17) is 0 Å². The zero-order valence-electron chi connectivity index (χ0n) is 14.0. The maximum absolute atomic E-state index is 13.3. The zero-order valence-corrected chi connectivity index (χ0v) is 14.0. The quantitative estimate of drug-likeness (QED) is 0.811. The van der Waals surface area contributed by atoms with Gasteiger partial charge in [0.15, 0.2) is 0 Å². The van der Waals surface area contributed by atoms with Gasteiger partial charge in [-0.1, -0.05) is 13.0 Å². The molecular formula is C16H19F6N3O. The van der Waals surface area contributed by atoms with E-state index in [0.717, 1.165) is 31.8 Å². The Hall–Kier alpha value is -1.81. The summed E-state index contributed by atoms with van der Waals surface area (Å²) in [6.45, 7) is 5.63. The lowest BCUT2D eigenvalue weighted by atomic mass is 10.0. The summed E-state index contributed by atoms with van der Waals surface area (Å²) in [5.41, 5.74) is -1.62. The molecule has 0 radical (unpaired) electrons. The van der Waals surface area contributed by atoms with Crippen molar-refractivity contribution in [1.82, 2.24) is 9.80 Å². The Kier molecular flexibility index (Phi) is 6.17. The van der Waals surface area contributed by atoms with Crippen molar-refractivity contribution in [3.05, 3.63) is 29.3 Å². The van der Waals surface area contributed by atoms with Crippen molar-refractivity contribution in [2.45, 2.75) is 25.8 Å². The number of anilines is 1. The number of nitrogens with zero attached hydrogens (tertiary/aromatic N) is 2. The Morgan fingerprint density at radius 3 is 2.12 bits per heavy atom. The molecule has 1 amide bonds. The molecule has 0 saturated carbocycles. The first-order valence-electron chi connectivity index (χ1n) is 8.03. The number of carbonyl (C=O) groups is 1. The van der Waals surface area contributed by atoms with Crippen LogP contribution in [0.2, 0.25) is 0 Å². The fraction of sp³-hybridized carbons (Fsp3) is 0.562. The fourth-order valence-electron chi connectivity index (χ4n) is 2.76. The van der Waals surface area contributed by atoms with E-state index in [9.17, 15) is 31.1 Å². The highest BCUT2D eigenvalue weighted by Gasteiger charge is 2.39. The predicted molar refractivity (Wildman–Crippen MR) is 83.5 cm³/mol. The molecule has 146 valence electrons. The summed E-state index contributed by atoms with van der Waals surface area (Å²) in [5, 5.41) is 1.45. The highest BCUT2D eigenvalue weighted by molar-refractivity contribution is 5.95. The molecule has 0 spiro atoms. The van der Waals surface area contributed by atoms with Gasteiger partial charge in [0.05, 0.1) is 5.56 Å². The highest BCUT2D eigenvalue weighted by atomic mass is 19.4. The number of carbonyl (C=O) groups excluding carboxylic acids is 1. The lowest BCUT2D eigenvalue weighted by Gasteiger charge is -2.34. The number of alkyl halides is 6. The number of likely N-dealkylation sites (N-methyl/N-ethyl adjacent to an activating group) is 1. The van der Waals surface area contributed by atoms with Crippen LogP contribution in [0.1, 0.15) is 18.1 Å². The molecular weight excluding hydrogens is 364 g/mol. The van der Waals surface area contributed by atoms with E-state index in [2.05, 4.69) is 4.90 Å². The molecule has 1 saturated heterocycles. The number of benzene rings is 1. The largest absolute Gasteiger partial charge is 0.471 e. The summed E-state index contributed by atoms with van der Waals surface area (Å²) in [4.78, 5) is 15.0. The summed E-state index contributed by atoms with van der Waals surface area (Å²) >= 11 is 0. The Morgan fingerprint density at radius 2 is 1.62 bits per heavy atom. The maximum atomic E-state index is 13.3. The van der Waals surface area contributed by atoms with Gasteiger partial charge in [-0.3, -0.25) is 9.69 Å². The molecule has 1 N–H and O–H groups in total. The van der Waals surface area contributed by atoms with E-state index >= 15 is 0 Å². The van der Waals surface area contributed by atoms with Crippen LogP contribution in [0.3, 0.4) is 0 Å². The van der Waals surface area contributed by atoms with Crippen LogP contribution >= 0.6 is 0 Å². The molecule has 0 atom stereocenters. The van der Waals surface area contributed by atoms with Crippen LogP contribution in [0, 0.1) is 0 Å². The van der Waals surface area contributed by atoms with Gasteiger partial charge in [0.1, 0.15) is 0 Å².